The zero-order valence-corrected chi connectivity index (χ0v) is 9.86. The highest BCUT2D eigenvalue weighted by Gasteiger charge is 2.34. The normalized spacial score (nSPS) is 22.8. The minimum absolute atomic E-state index is 0.150. The highest BCUT2D eigenvalue weighted by Crippen LogP contribution is 2.16. The molecule has 1 heterocycles. The molecule has 96 valence electrons. The van der Waals surface area contributed by atoms with Gasteiger partial charge in [0.1, 0.15) is 12.9 Å². The van der Waals surface area contributed by atoms with Gasteiger partial charge in [0.2, 0.25) is 0 Å². The van der Waals surface area contributed by atoms with E-state index in [4.69, 9.17) is 4.74 Å². The molecule has 2 rings (SSSR count). The van der Waals surface area contributed by atoms with Crippen LogP contribution in [0.2, 0.25) is 0 Å². The summed E-state index contributed by atoms with van der Waals surface area (Å²) in [5.74, 6) is -0.505. The lowest BCUT2D eigenvalue weighted by molar-refractivity contribution is -0.112. The fourth-order valence-corrected chi connectivity index (χ4v) is 1.91. The van der Waals surface area contributed by atoms with Gasteiger partial charge in [0.25, 0.3) is 0 Å². The van der Waals surface area contributed by atoms with E-state index in [-0.39, 0.29) is 19.7 Å². The summed E-state index contributed by atoms with van der Waals surface area (Å²) in [7, 11) is 0. The van der Waals surface area contributed by atoms with Crippen molar-refractivity contribution in [2.75, 3.05) is 13.1 Å². The Morgan fingerprint density at radius 1 is 1.39 bits per heavy atom. The predicted molar refractivity (Wildman–Crippen MR) is 63.8 cm³/mol. The first-order valence-electron chi connectivity index (χ1n) is 5.79. The lowest BCUT2D eigenvalue weighted by Crippen LogP contribution is -2.30. The molecule has 0 bridgehead atoms. The fourth-order valence-electron chi connectivity index (χ4n) is 1.91. The van der Waals surface area contributed by atoms with Crippen LogP contribution in [0.5, 0.6) is 0 Å². The topological polar surface area (TPSA) is 66.8 Å². The van der Waals surface area contributed by atoms with E-state index in [2.05, 4.69) is 0 Å². The summed E-state index contributed by atoms with van der Waals surface area (Å²) in [6.07, 6.45) is -0.608. The summed E-state index contributed by atoms with van der Waals surface area (Å²) in [4.78, 5) is 23.7. The van der Waals surface area contributed by atoms with E-state index in [1.807, 2.05) is 30.3 Å². The number of carbonyl (C=O) groups excluding carboxylic acids is 2. The highest BCUT2D eigenvalue weighted by molar-refractivity contribution is 5.69. The molecule has 5 nitrogen and oxygen atoms in total. The number of nitrogens with zero attached hydrogens (tertiary/aromatic N) is 1. The maximum Gasteiger partial charge on any atom is 0.410 e. The third-order valence-electron chi connectivity index (χ3n) is 2.97. The van der Waals surface area contributed by atoms with Gasteiger partial charge >= 0.3 is 6.09 Å². The highest BCUT2D eigenvalue weighted by atomic mass is 16.6. The SMILES string of the molecule is O=C[C@@H]1CN(C(=O)OCc2ccccc2)C[C@H]1O. The van der Waals surface area contributed by atoms with Crippen LogP contribution in [0.3, 0.4) is 0 Å². The van der Waals surface area contributed by atoms with Crippen molar-refractivity contribution in [3.8, 4) is 0 Å². The van der Waals surface area contributed by atoms with E-state index in [1.165, 1.54) is 4.90 Å². The van der Waals surface area contributed by atoms with E-state index in [0.717, 1.165) is 5.56 Å². The third kappa shape index (κ3) is 2.87. The first kappa shape index (κ1) is 12.6. The van der Waals surface area contributed by atoms with Crippen LogP contribution in [-0.4, -0.2) is 41.6 Å². The van der Waals surface area contributed by atoms with Crippen molar-refractivity contribution in [2.45, 2.75) is 12.7 Å². The van der Waals surface area contributed by atoms with Crippen LogP contribution in [0.4, 0.5) is 4.79 Å². The monoisotopic (exact) mass is 249 g/mol. The molecule has 1 amide bonds. The Kier molecular flexibility index (Phi) is 3.94. The van der Waals surface area contributed by atoms with Crippen molar-refractivity contribution in [3.05, 3.63) is 35.9 Å². The molecule has 0 unspecified atom stereocenters. The Hall–Kier alpha value is -1.88. The van der Waals surface area contributed by atoms with Crippen LogP contribution in [-0.2, 0) is 16.1 Å². The molecule has 1 aliphatic heterocycles. The van der Waals surface area contributed by atoms with Gasteiger partial charge in [-0.05, 0) is 5.56 Å². The maximum atomic E-state index is 11.7. The number of benzene rings is 1. The quantitative estimate of drug-likeness (QED) is 0.805. The zero-order valence-electron chi connectivity index (χ0n) is 9.86. The molecular formula is C13H15NO4. The lowest BCUT2D eigenvalue weighted by atomic mass is 10.1. The number of hydrogen-bond donors (Lipinski definition) is 1. The second kappa shape index (κ2) is 5.64. The van der Waals surface area contributed by atoms with Crippen molar-refractivity contribution >= 4 is 12.4 Å². The van der Waals surface area contributed by atoms with Crippen LogP contribution in [0, 0.1) is 5.92 Å². The van der Waals surface area contributed by atoms with E-state index >= 15 is 0 Å². The number of β-amino-alcohol motifs (C(OH)–C–C–N with tert-alkyl or cyclic N) is 1. The number of rotatable bonds is 3. The van der Waals surface area contributed by atoms with E-state index < -0.39 is 18.1 Å². The first-order valence-corrected chi connectivity index (χ1v) is 5.79. The van der Waals surface area contributed by atoms with Crippen molar-refractivity contribution in [3.63, 3.8) is 0 Å². The van der Waals surface area contributed by atoms with E-state index in [9.17, 15) is 14.7 Å². The zero-order chi connectivity index (χ0) is 13.0. The number of aliphatic hydroxyl groups is 1. The summed E-state index contributed by atoms with van der Waals surface area (Å²) in [5, 5.41) is 9.51. The molecule has 0 saturated carbocycles. The van der Waals surface area contributed by atoms with Crippen LogP contribution in [0.1, 0.15) is 5.56 Å². The number of carbonyl (C=O) groups is 2. The van der Waals surface area contributed by atoms with E-state index in [1.54, 1.807) is 0 Å². The fraction of sp³-hybridized carbons (Fsp3) is 0.385. The number of aliphatic hydroxyl groups excluding tert-OH is 1. The van der Waals surface area contributed by atoms with Crippen LogP contribution in [0.15, 0.2) is 30.3 Å². The predicted octanol–water partition coefficient (Wildman–Crippen LogP) is 0.815. The second-order valence-corrected chi connectivity index (χ2v) is 4.31. The van der Waals surface area contributed by atoms with Crippen molar-refractivity contribution in [1.29, 1.82) is 0 Å². The van der Waals surface area contributed by atoms with Gasteiger partial charge in [-0.25, -0.2) is 4.79 Å². The minimum Gasteiger partial charge on any atom is -0.445 e. The molecule has 1 N–H and O–H groups in total. The summed E-state index contributed by atoms with van der Waals surface area (Å²) in [5.41, 5.74) is 0.900. The molecule has 0 aliphatic carbocycles. The van der Waals surface area contributed by atoms with Gasteiger partial charge in [0.05, 0.1) is 18.6 Å². The molecule has 1 aromatic carbocycles. The van der Waals surface area contributed by atoms with Crippen LogP contribution < -0.4 is 0 Å². The Morgan fingerprint density at radius 2 is 2.11 bits per heavy atom. The Balaban J connectivity index is 1.84. The Labute approximate surface area is 105 Å². The standard InChI is InChI=1S/C13H15NO4/c15-8-11-6-14(7-12(11)16)13(17)18-9-10-4-2-1-3-5-10/h1-5,8,11-12,16H,6-7,9H2/t11-,12+/m0/s1. The Bertz CT molecular complexity index is 420. The lowest BCUT2D eigenvalue weighted by Gasteiger charge is -2.15. The summed E-state index contributed by atoms with van der Waals surface area (Å²) >= 11 is 0. The van der Waals surface area contributed by atoms with Gasteiger partial charge in [-0.3, -0.25) is 0 Å². The van der Waals surface area contributed by atoms with Gasteiger partial charge in [-0.15, -0.1) is 0 Å². The number of hydrogen-bond acceptors (Lipinski definition) is 4. The largest absolute Gasteiger partial charge is 0.445 e. The molecule has 1 aromatic rings. The number of likely N-dealkylation sites (tertiary alicyclic amines) is 1. The molecule has 0 aromatic heterocycles. The summed E-state index contributed by atoms with van der Waals surface area (Å²) in [6, 6.07) is 9.34. The molecule has 2 atom stereocenters. The van der Waals surface area contributed by atoms with Crippen molar-refractivity contribution in [2.24, 2.45) is 5.92 Å². The van der Waals surface area contributed by atoms with Crippen LogP contribution >= 0.6 is 0 Å². The molecule has 1 saturated heterocycles. The van der Waals surface area contributed by atoms with Gasteiger partial charge < -0.3 is 19.5 Å². The summed E-state index contributed by atoms with van der Waals surface area (Å²) < 4.78 is 5.11. The van der Waals surface area contributed by atoms with Crippen LogP contribution in [0.25, 0.3) is 0 Å². The number of amides is 1. The van der Waals surface area contributed by atoms with Gasteiger partial charge in [-0.1, -0.05) is 30.3 Å². The smallest absolute Gasteiger partial charge is 0.410 e. The van der Waals surface area contributed by atoms with Gasteiger partial charge in [0, 0.05) is 6.54 Å². The first-order chi connectivity index (χ1) is 8.70. The third-order valence-corrected chi connectivity index (χ3v) is 2.97. The van der Waals surface area contributed by atoms with Crippen molar-refractivity contribution in [1.82, 2.24) is 4.90 Å². The molecule has 0 radical (unpaired) electrons. The van der Waals surface area contributed by atoms with Gasteiger partial charge in [-0.2, -0.15) is 0 Å². The molecule has 0 spiro atoms. The molecule has 18 heavy (non-hydrogen) atoms. The minimum atomic E-state index is -0.785. The summed E-state index contributed by atoms with van der Waals surface area (Å²) in [6.45, 7) is 0.563. The average Bonchev–Trinajstić information content (AvgIpc) is 2.78. The number of aldehydes is 1. The number of ether oxygens (including phenoxy) is 1. The molecule has 5 heteroatoms. The molecular weight excluding hydrogens is 234 g/mol. The van der Waals surface area contributed by atoms with E-state index in [0.29, 0.717) is 6.29 Å². The molecule has 1 fully saturated rings. The molecule has 1 aliphatic rings. The second-order valence-electron chi connectivity index (χ2n) is 4.31. The van der Waals surface area contributed by atoms with Crippen molar-refractivity contribution < 1.29 is 19.4 Å². The van der Waals surface area contributed by atoms with Gasteiger partial charge in [0.15, 0.2) is 0 Å². The maximum absolute atomic E-state index is 11.7. The Morgan fingerprint density at radius 3 is 2.72 bits per heavy atom. The average molecular weight is 249 g/mol.